The second-order valence-corrected chi connectivity index (χ2v) is 26.6. The average Bonchev–Trinajstić information content (AvgIpc) is 3.88. The lowest BCUT2D eigenvalue weighted by atomic mass is 9.41. The monoisotopic (exact) mass is 1180 g/mol. The van der Waals surface area contributed by atoms with Crippen LogP contribution in [-0.2, 0) is 56.8 Å². The molecule has 11 fully saturated rings. The quantitative estimate of drug-likeness (QED) is 0.0799. The normalized spacial score (nSPS) is 57.1. The fraction of sp³-hybridized carbons (Fsp3) is 1.00. The van der Waals surface area contributed by atoms with Crippen molar-refractivity contribution in [2.45, 2.75) is 258 Å². The summed E-state index contributed by atoms with van der Waals surface area (Å²) in [6.45, 7) is 6.74. The molecule has 0 aromatic rings. The SMILES string of the molecule is CC1CCC2(OC1)OC1CCC3C4CCC5CC(OC6OC(CO)C(O)C(OC7OC(CO)C(O)C(OC8OCC(O)C(O)C8OC8OCC(O)C(O)C8O)C7O)C6OC6OC(CO)C(O)C(O)C6O)CCC5(C)C4CCC3(C)C1C2C. The summed E-state index contributed by atoms with van der Waals surface area (Å²) in [4.78, 5) is 0. The van der Waals surface area contributed by atoms with E-state index in [2.05, 4.69) is 27.7 Å². The van der Waals surface area contributed by atoms with Crippen molar-refractivity contribution in [3.63, 3.8) is 0 Å². The van der Waals surface area contributed by atoms with Crippen LogP contribution >= 0.6 is 0 Å². The lowest BCUT2D eigenvalue weighted by Gasteiger charge is -2.64. The Hall–Kier alpha value is -1.04. The predicted octanol–water partition coefficient (Wildman–Crippen LogP) is -3.42. The maximum atomic E-state index is 12.1. The molecule has 14 N–H and O–H groups in total. The predicted molar refractivity (Wildman–Crippen MR) is 273 cm³/mol. The molecule has 0 radical (unpaired) electrons. The standard InChI is InChI=1S/C56H92O26/c1-22-9-14-56(73-19-22)23(2)35-31(82-56)8-7-27-26-6-5-24-15-25(10-12-54(24,3)28(26)11-13-55(27,35)4)74-53-48(81-50-43(69)41(67)38(64)32(16-57)75-50)46(40(66)34(18-59)77-53)79-51-44(70)45(39(65)33(17-58)76-51)78-52-47(37(63)30(61)21-72-52)80-49-42(68)36(62)29(60)20-71-49/h22-53,57-70H,5-21H2,1-4H3. The smallest absolute Gasteiger partial charge is 0.187 e. The fourth-order valence-electron chi connectivity index (χ4n) is 17.3. The number of aliphatic hydroxyl groups is 14. The highest BCUT2D eigenvalue weighted by atomic mass is 16.8. The Morgan fingerprint density at radius 1 is 0.451 bits per heavy atom. The number of hydrogen-bond acceptors (Lipinski definition) is 26. The van der Waals surface area contributed by atoms with E-state index < -0.39 is 186 Å². The van der Waals surface area contributed by atoms with E-state index in [4.69, 9.17) is 56.8 Å². The highest BCUT2D eigenvalue weighted by Gasteiger charge is 2.67. The molecule has 0 aromatic carbocycles. The van der Waals surface area contributed by atoms with E-state index in [0.29, 0.717) is 48.3 Å². The van der Waals surface area contributed by atoms with Crippen molar-refractivity contribution < 1.29 is 128 Å². The van der Waals surface area contributed by atoms with E-state index in [1.807, 2.05) is 0 Å². The topological polar surface area (TPSA) is 394 Å². The van der Waals surface area contributed by atoms with Crippen molar-refractivity contribution >= 4 is 0 Å². The first-order chi connectivity index (χ1) is 39.1. The van der Waals surface area contributed by atoms with Crippen molar-refractivity contribution in [2.24, 2.45) is 52.3 Å². The summed E-state index contributed by atoms with van der Waals surface area (Å²) >= 11 is 0. The molecule has 11 aliphatic rings. The van der Waals surface area contributed by atoms with Crippen molar-refractivity contribution in [2.75, 3.05) is 39.6 Å². The fourth-order valence-corrected chi connectivity index (χ4v) is 17.3. The van der Waals surface area contributed by atoms with Gasteiger partial charge in [-0.05, 0) is 111 Å². The highest BCUT2D eigenvalue weighted by Crippen LogP contribution is 2.70. The van der Waals surface area contributed by atoms with E-state index in [0.717, 1.165) is 64.4 Å². The number of hydrogen-bond donors (Lipinski definition) is 14. The lowest BCUT2D eigenvalue weighted by Crippen LogP contribution is -2.68. The minimum atomic E-state index is -2.09. The Morgan fingerprint density at radius 3 is 1.71 bits per heavy atom. The van der Waals surface area contributed by atoms with Crippen LogP contribution in [0.5, 0.6) is 0 Å². The van der Waals surface area contributed by atoms with Crippen molar-refractivity contribution in [3.05, 3.63) is 0 Å². The zero-order chi connectivity index (χ0) is 58.5. The van der Waals surface area contributed by atoms with E-state index >= 15 is 0 Å². The molecule has 7 heterocycles. The van der Waals surface area contributed by atoms with Crippen LogP contribution in [0.4, 0.5) is 0 Å². The molecule has 11 rings (SSSR count). The van der Waals surface area contributed by atoms with Crippen LogP contribution in [0.3, 0.4) is 0 Å². The molecule has 35 unspecified atom stereocenters. The van der Waals surface area contributed by atoms with Crippen molar-refractivity contribution in [3.8, 4) is 0 Å². The zero-order valence-electron chi connectivity index (χ0n) is 47.2. The molecule has 7 saturated heterocycles. The third kappa shape index (κ3) is 11.1. The summed E-state index contributed by atoms with van der Waals surface area (Å²) < 4.78 is 74.1. The van der Waals surface area contributed by atoms with Gasteiger partial charge in [0, 0.05) is 12.3 Å². The van der Waals surface area contributed by atoms with Crippen LogP contribution in [-0.4, -0.2) is 270 Å². The van der Waals surface area contributed by atoms with E-state index in [-0.39, 0.29) is 22.9 Å². The second kappa shape index (κ2) is 24.7. The molecule has 0 bridgehead atoms. The first-order valence-corrected chi connectivity index (χ1v) is 30.2. The maximum Gasteiger partial charge on any atom is 0.187 e. The van der Waals surface area contributed by atoms with Crippen molar-refractivity contribution in [1.82, 2.24) is 0 Å². The van der Waals surface area contributed by atoms with Gasteiger partial charge in [-0.2, -0.15) is 0 Å². The minimum absolute atomic E-state index is 0.0116. The first kappa shape index (κ1) is 62.6. The average molecular weight is 1180 g/mol. The van der Waals surface area contributed by atoms with E-state index in [1.165, 1.54) is 0 Å². The van der Waals surface area contributed by atoms with Gasteiger partial charge in [-0.1, -0.05) is 27.7 Å². The van der Waals surface area contributed by atoms with Gasteiger partial charge in [0.2, 0.25) is 0 Å². The number of ether oxygens (including phenoxy) is 12. The molecule has 7 aliphatic heterocycles. The molecule has 26 heteroatoms. The highest BCUT2D eigenvalue weighted by molar-refractivity contribution is 5.13. The molecule has 472 valence electrons. The van der Waals surface area contributed by atoms with Gasteiger partial charge in [0.05, 0.1) is 51.8 Å². The van der Waals surface area contributed by atoms with Gasteiger partial charge in [0.15, 0.2) is 37.2 Å². The van der Waals surface area contributed by atoms with Gasteiger partial charge in [-0.25, -0.2) is 0 Å². The third-order valence-corrected chi connectivity index (χ3v) is 22.0. The van der Waals surface area contributed by atoms with Crippen LogP contribution in [0.15, 0.2) is 0 Å². The van der Waals surface area contributed by atoms with Crippen LogP contribution in [0.2, 0.25) is 0 Å². The van der Waals surface area contributed by atoms with Gasteiger partial charge < -0.3 is 128 Å². The van der Waals surface area contributed by atoms with Crippen LogP contribution < -0.4 is 0 Å². The van der Waals surface area contributed by atoms with Crippen molar-refractivity contribution in [1.29, 1.82) is 0 Å². The number of aliphatic hydroxyl groups excluding tert-OH is 14. The summed E-state index contributed by atoms with van der Waals surface area (Å²) in [7, 11) is 0. The summed E-state index contributed by atoms with van der Waals surface area (Å²) in [6.07, 6.45) is -30.2. The van der Waals surface area contributed by atoms with Crippen LogP contribution in [0.25, 0.3) is 0 Å². The molecule has 0 aromatic heterocycles. The summed E-state index contributed by atoms with van der Waals surface area (Å²) in [6, 6.07) is 0. The Bertz CT molecular complexity index is 2110. The minimum Gasteiger partial charge on any atom is -0.394 e. The summed E-state index contributed by atoms with van der Waals surface area (Å²) in [5.74, 6) is 2.58. The molecule has 26 nitrogen and oxygen atoms in total. The molecule has 0 amide bonds. The second-order valence-electron chi connectivity index (χ2n) is 26.6. The lowest BCUT2D eigenvalue weighted by molar-refractivity contribution is -0.403. The maximum absolute atomic E-state index is 12.1. The Labute approximate surface area is 476 Å². The Morgan fingerprint density at radius 2 is 1.02 bits per heavy atom. The van der Waals surface area contributed by atoms with E-state index in [9.17, 15) is 71.5 Å². The third-order valence-electron chi connectivity index (χ3n) is 22.0. The largest absolute Gasteiger partial charge is 0.394 e. The van der Waals surface area contributed by atoms with E-state index in [1.54, 1.807) is 0 Å². The Balaban J connectivity index is 0.822. The molecular formula is C56H92O26. The van der Waals surface area contributed by atoms with Gasteiger partial charge in [0.1, 0.15) is 110 Å². The molecule has 35 atom stereocenters. The summed E-state index contributed by atoms with van der Waals surface area (Å²) in [5.41, 5.74) is 0.112. The molecule has 4 aliphatic carbocycles. The molecule has 82 heavy (non-hydrogen) atoms. The molecule has 1 spiro atoms. The zero-order valence-corrected chi connectivity index (χ0v) is 47.2. The molecule has 4 saturated carbocycles. The molecular weight excluding hydrogens is 1090 g/mol. The van der Waals surface area contributed by atoms with Gasteiger partial charge in [0.25, 0.3) is 0 Å². The Kier molecular flexibility index (Phi) is 18.9. The van der Waals surface area contributed by atoms with Crippen LogP contribution in [0.1, 0.15) is 98.3 Å². The van der Waals surface area contributed by atoms with Gasteiger partial charge in [-0.3, -0.25) is 0 Å². The van der Waals surface area contributed by atoms with Crippen LogP contribution in [0, 0.1) is 52.3 Å². The number of rotatable bonds is 13. The number of fused-ring (bicyclic) bond motifs is 7. The van der Waals surface area contributed by atoms with Gasteiger partial charge in [-0.15, -0.1) is 0 Å². The first-order valence-electron chi connectivity index (χ1n) is 30.2. The summed E-state index contributed by atoms with van der Waals surface area (Å²) in [5, 5.41) is 153. The van der Waals surface area contributed by atoms with Gasteiger partial charge >= 0.3 is 0 Å².